The Kier molecular flexibility index (Phi) is 3.61. The zero-order chi connectivity index (χ0) is 16.5. The molecular weight excluding hydrogens is 300 g/mol. The maximum absolute atomic E-state index is 10.3. The molecule has 0 fully saturated rings. The van der Waals surface area contributed by atoms with Crippen molar-refractivity contribution >= 4 is 29.1 Å². The zero-order valence-corrected chi connectivity index (χ0v) is 13.4. The molecule has 0 spiro atoms. The number of fused-ring (bicyclic) bond motifs is 1. The number of aliphatic imine (C=N–C) groups is 3. The number of aryl methyl sites for hydroxylation is 1. The highest BCUT2D eigenvalue weighted by molar-refractivity contribution is 6.18. The van der Waals surface area contributed by atoms with E-state index in [4.69, 9.17) is 9.98 Å². The van der Waals surface area contributed by atoms with Gasteiger partial charge < -0.3 is 10.4 Å². The van der Waals surface area contributed by atoms with Crippen LogP contribution in [-0.2, 0) is 0 Å². The van der Waals surface area contributed by atoms with E-state index >= 15 is 0 Å². The molecule has 2 heterocycles. The Morgan fingerprint density at radius 3 is 2.62 bits per heavy atom. The number of hydrogen-bond acceptors (Lipinski definition) is 5. The van der Waals surface area contributed by atoms with Crippen molar-refractivity contribution in [1.82, 2.24) is 5.32 Å². The third kappa shape index (κ3) is 2.69. The van der Waals surface area contributed by atoms with Crippen molar-refractivity contribution in [3.05, 3.63) is 53.6 Å². The molecule has 2 N–H and O–H groups in total. The lowest BCUT2D eigenvalue weighted by molar-refractivity contribution is 0.474. The number of benzene rings is 2. The Hall–Kier alpha value is -2.95. The lowest BCUT2D eigenvalue weighted by Crippen LogP contribution is -2.35. The molecule has 2 aliphatic heterocycles. The number of para-hydroxylation sites is 2. The van der Waals surface area contributed by atoms with Gasteiger partial charge in [-0.2, -0.15) is 0 Å². The van der Waals surface area contributed by atoms with E-state index in [0.717, 1.165) is 33.9 Å². The molecule has 0 aliphatic carbocycles. The molecule has 0 amide bonds. The average molecular weight is 318 g/mol. The van der Waals surface area contributed by atoms with Gasteiger partial charge in [-0.05, 0) is 31.2 Å². The van der Waals surface area contributed by atoms with Gasteiger partial charge in [0.05, 0.1) is 36.0 Å². The summed E-state index contributed by atoms with van der Waals surface area (Å²) in [7, 11) is 0. The van der Waals surface area contributed by atoms with Gasteiger partial charge in [0.15, 0.2) is 0 Å². The Morgan fingerprint density at radius 1 is 1.08 bits per heavy atom. The normalized spacial score (nSPS) is 19.1. The summed E-state index contributed by atoms with van der Waals surface area (Å²) in [5.74, 6) is 0.244. The van der Waals surface area contributed by atoms with Gasteiger partial charge in [0.1, 0.15) is 5.75 Å². The fourth-order valence-electron chi connectivity index (χ4n) is 3.00. The number of rotatable bonds is 2. The highest BCUT2D eigenvalue weighted by atomic mass is 16.3. The number of phenols is 1. The second kappa shape index (κ2) is 5.92. The van der Waals surface area contributed by atoms with Crippen LogP contribution in [0.2, 0.25) is 0 Å². The summed E-state index contributed by atoms with van der Waals surface area (Å²) >= 11 is 0. The van der Waals surface area contributed by atoms with Gasteiger partial charge in [0.25, 0.3) is 0 Å². The first-order valence-corrected chi connectivity index (χ1v) is 7.99. The first-order valence-electron chi connectivity index (χ1n) is 7.99. The molecule has 120 valence electrons. The Bertz CT molecular complexity index is 875. The predicted molar refractivity (Wildman–Crippen MR) is 97.5 cm³/mol. The van der Waals surface area contributed by atoms with E-state index in [1.165, 1.54) is 0 Å². The molecule has 24 heavy (non-hydrogen) atoms. The minimum atomic E-state index is 0.0771. The average Bonchev–Trinajstić information content (AvgIpc) is 3.05. The highest BCUT2D eigenvalue weighted by Crippen LogP contribution is 2.33. The maximum atomic E-state index is 10.3. The lowest BCUT2D eigenvalue weighted by atomic mass is 9.98. The van der Waals surface area contributed by atoms with Crippen molar-refractivity contribution in [3.8, 4) is 5.75 Å². The Labute approximate surface area is 140 Å². The summed E-state index contributed by atoms with van der Waals surface area (Å²) in [6, 6.07) is 13.5. The molecular formula is C19H18N4O. The van der Waals surface area contributed by atoms with Gasteiger partial charge >= 0.3 is 0 Å². The number of phenolic OH excluding ortho intramolecular Hbond substituents is 1. The summed E-state index contributed by atoms with van der Waals surface area (Å²) in [5.41, 5.74) is 5.33. The SMILES string of the molecule is Cc1ccc(O)c(C2=Nc3ccccc3N=C(C3CN=CN3)C2)c1. The number of aromatic hydroxyl groups is 1. The molecule has 2 aromatic rings. The van der Waals surface area contributed by atoms with E-state index < -0.39 is 0 Å². The molecule has 0 saturated heterocycles. The second-order valence-corrected chi connectivity index (χ2v) is 6.06. The van der Waals surface area contributed by atoms with E-state index in [2.05, 4.69) is 10.3 Å². The quantitative estimate of drug-likeness (QED) is 0.892. The fourth-order valence-corrected chi connectivity index (χ4v) is 3.00. The molecule has 2 aliphatic rings. The third-order valence-electron chi connectivity index (χ3n) is 4.27. The van der Waals surface area contributed by atoms with Gasteiger partial charge in [-0.15, -0.1) is 0 Å². The first kappa shape index (κ1) is 14.6. The van der Waals surface area contributed by atoms with Crippen molar-refractivity contribution in [1.29, 1.82) is 0 Å². The van der Waals surface area contributed by atoms with Crippen molar-refractivity contribution < 1.29 is 5.11 Å². The molecule has 1 unspecified atom stereocenters. The van der Waals surface area contributed by atoms with Crippen LogP contribution < -0.4 is 5.32 Å². The van der Waals surface area contributed by atoms with Crippen molar-refractivity contribution in [2.24, 2.45) is 15.0 Å². The van der Waals surface area contributed by atoms with Crippen LogP contribution in [0.5, 0.6) is 5.75 Å². The van der Waals surface area contributed by atoms with Crippen LogP contribution in [0.4, 0.5) is 11.4 Å². The fraction of sp³-hybridized carbons (Fsp3) is 0.211. The molecule has 0 radical (unpaired) electrons. The highest BCUT2D eigenvalue weighted by Gasteiger charge is 2.24. The van der Waals surface area contributed by atoms with E-state index in [9.17, 15) is 5.11 Å². The van der Waals surface area contributed by atoms with Crippen molar-refractivity contribution in [2.45, 2.75) is 19.4 Å². The van der Waals surface area contributed by atoms with Crippen LogP contribution in [0, 0.1) is 6.92 Å². The first-order chi connectivity index (χ1) is 11.7. The number of hydrogen-bond donors (Lipinski definition) is 2. The molecule has 0 saturated carbocycles. The van der Waals surface area contributed by atoms with Gasteiger partial charge in [0, 0.05) is 17.7 Å². The van der Waals surface area contributed by atoms with Crippen molar-refractivity contribution in [2.75, 3.05) is 6.54 Å². The van der Waals surface area contributed by atoms with E-state index in [0.29, 0.717) is 13.0 Å². The van der Waals surface area contributed by atoms with Gasteiger partial charge in [-0.25, -0.2) is 0 Å². The molecule has 1 atom stereocenters. The Morgan fingerprint density at radius 2 is 1.88 bits per heavy atom. The molecule has 0 bridgehead atoms. The summed E-state index contributed by atoms with van der Waals surface area (Å²) < 4.78 is 0. The zero-order valence-electron chi connectivity index (χ0n) is 13.4. The lowest BCUT2D eigenvalue weighted by Gasteiger charge is -2.14. The number of nitrogens with one attached hydrogen (secondary N) is 1. The van der Waals surface area contributed by atoms with Crippen LogP contribution in [-0.4, -0.2) is 35.5 Å². The minimum absolute atomic E-state index is 0.0771. The van der Waals surface area contributed by atoms with E-state index in [-0.39, 0.29) is 11.8 Å². The summed E-state index contributed by atoms with van der Waals surface area (Å²) in [6.07, 6.45) is 2.30. The van der Waals surface area contributed by atoms with Crippen LogP contribution in [0.1, 0.15) is 17.5 Å². The van der Waals surface area contributed by atoms with Crippen molar-refractivity contribution in [3.63, 3.8) is 0 Å². The molecule has 0 aromatic heterocycles. The predicted octanol–water partition coefficient (Wildman–Crippen LogP) is 3.30. The summed E-state index contributed by atoms with van der Waals surface area (Å²) in [6.45, 7) is 2.68. The molecule has 2 aromatic carbocycles. The van der Waals surface area contributed by atoms with Crippen LogP contribution in [0.3, 0.4) is 0 Å². The number of nitrogens with zero attached hydrogens (tertiary/aromatic N) is 3. The summed E-state index contributed by atoms with van der Waals surface area (Å²) in [5, 5.41) is 13.6. The summed E-state index contributed by atoms with van der Waals surface area (Å²) in [4.78, 5) is 13.9. The van der Waals surface area contributed by atoms with Gasteiger partial charge in [-0.3, -0.25) is 15.0 Å². The maximum Gasteiger partial charge on any atom is 0.124 e. The van der Waals surface area contributed by atoms with Crippen LogP contribution in [0.25, 0.3) is 0 Å². The van der Waals surface area contributed by atoms with E-state index in [1.54, 1.807) is 12.4 Å². The van der Waals surface area contributed by atoms with Gasteiger partial charge in [0.2, 0.25) is 0 Å². The van der Waals surface area contributed by atoms with Crippen LogP contribution >= 0.6 is 0 Å². The second-order valence-electron chi connectivity index (χ2n) is 6.06. The standard InChI is InChI=1S/C19H18N4O/c1-12-6-7-19(24)13(8-12)16-9-17(18-10-20-11-21-18)23-15-5-3-2-4-14(15)22-16/h2-8,11,18,24H,9-10H2,1H3,(H,20,21). The minimum Gasteiger partial charge on any atom is -0.507 e. The largest absolute Gasteiger partial charge is 0.507 e. The third-order valence-corrected chi connectivity index (χ3v) is 4.27. The molecule has 5 heteroatoms. The van der Waals surface area contributed by atoms with Crippen LogP contribution in [0.15, 0.2) is 57.4 Å². The van der Waals surface area contributed by atoms with E-state index in [1.807, 2.05) is 43.3 Å². The molecule has 5 nitrogen and oxygen atoms in total. The Balaban J connectivity index is 1.84. The molecule has 4 rings (SSSR count). The topological polar surface area (TPSA) is 69.3 Å². The smallest absolute Gasteiger partial charge is 0.124 e. The van der Waals surface area contributed by atoms with Gasteiger partial charge in [-0.1, -0.05) is 23.8 Å². The monoisotopic (exact) mass is 318 g/mol.